The first kappa shape index (κ1) is 29.5. The van der Waals surface area contributed by atoms with E-state index in [0.29, 0.717) is 0 Å². The van der Waals surface area contributed by atoms with Crippen LogP contribution in [0.3, 0.4) is 0 Å². The average molecular weight is 591 g/mol. The van der Waals surface area contributed by atoms with Crippen LogP contribution < -0.4 is 20.7 Å². The van der Waals surface area contributed by atoms with E-state index >= 15 is 0 Å². The second-order valence-corrected chi connectivity index (χ2v) is 23.1. The normalized spacial score (nSPS) is 17.8. The summed E-state index contributed by atoms with van der Waals surface area (Å²) in [5, 5.41) is 4.15. The van der Waals surface area contributed by atoms with Crippen molar-refractivity contribution in [1.29, 1.82) is 0 Å². The Morgan fingerprint density at radius 1 is 0.333 bits per heavy atom. The van der Waals surface area contributed by atoms with E-state index in [1.165, 1.54) is 0 Å². The summed E-state index contributed by atoms with van der Waals surface area (Å²) in [6.07, 6.45) is 0. The zero-order valence-electron chi connectivity index (χ0n) is 23.6. The van der Waals surface area contributed by atoms with E-state index in [4.69, 9.17) is 21.2 Å². The van der Waals surface area contributed by atoms with Gasteiger partial charge in [0.05, 0.1) is 0 Å². The van der Waals surface area contributed by atoms with Crippen molar-refractivity contribution in [3.8, 4) is 0 Å². The Morgan fingerprint density at radius 2 is 0.538 bits per heavy atom. The van der Waals surface area contributed by atoms with Gasteiger partial charge in [0.2, 0.25) is 0 Å². The highest BCUT2D eigenvalue weighted by atomic mass is 28.5. The molecule has 5 nitrogen and oxygen atoms in total. The molecule has 0 saturated carbocycles. The van der Waals surface area contributed by atoms with Crippen molar-refractivity contribution in [2.24, 2.45) is 0 Å². The maximum absolute atomic E-state index is 7.38. The lowest BCUT2D eigenvalue weighted by molar-refractivity contribution is 0.258. The lowest BCUT2D eigenvalue weighted by Crippen LogP contribution is -2.71. The van der Waals surface area contributed by atoms with Gasteiger partial charge in [-0.15, -0.1) is 0 Å². The largest absolute Gasteiger partial charge is 0.409 e. The first-order valence-electron chi connectivity index (χ1n) is 13.1. The predicted molar refractivity (Wildman–Crippen MR) is 168 cm³/mol. The van der Waals surface area contributed by atoms with E-state index in [9.17, 15) is 0 Å². The molecule has 0 amide bonds. The molecule has 0 aliphatic carbocycles. The zero-order chi connectivity index (χ0) is 28.0. The maximum atomic E-state index is 7.38. The number of hydrogen-bond donors (Lipinski definition) is 0. The molecule has 0 fully saturated rings. The molecular weight excluding hydrogens is 553 g/mol. The van der Waals surface area contributed by atoms with Crippen LogP contribution >= 0.6 is 0 Å². The summed E-state index contributed by atoms with van der Waals surface area (Å²) in [5.74, 6) is 0. The summed E-state index contributed by atoms with van der Waals surface area (Å²) in [7, 11) is -8.58. The van der Waals surface area contributed by atoms with Crippen molar-refractivity contribution >= 4 is 55.0 Å². The lowest BCUT2D eigenvalue weighted by Gasteiger charge is -2.44. The Bertz CT molecular complexity index is 1220. The van der Waals surface area contributed by atoms with Crippen molar-refractivity contribution < 1.29 is 21.2 Å². The Labute approximate surface area is 237 Å². The molecule has 4 unspecified atom stereocenters. The van der Waals surface area contributed by atoms with Gasteiger partial charge in [-0.2, -0.15) is 0 Å². The third-order valence-electron chi connectivity index (χ3n) is 7.14. The first-order valence-corrected chi connectivity index (χ1v) is 22.4. The molecule has 0 aliphatic rings. The summed E-state index contributed by atoms with van der Waals surface area (Å²) in [6.45, 7) is 8.39. The van der Waals surface area contributed by atoms with E-state index in [0.717, 1.165) is 20.7 Å². The minimum atomic E-state index is -3.16. The molecule has 4 atom stereocenters. The molecule has 0 bridgehead atoms. The van der Waals surface area contributed by atoms with Crippen LogP contribution in [0.15, 0.2) is 121 Å². The third-order valence-corrected chi connectivity index (χ3v) is 23.6. The van der Waals surface area contributed by atoms with Gasteiger partial charge in [0, 0.05) is 14.2 Å². The van der Waals surface area contributed by atoms with Crippen LogP contribution in [-0.4, -0.2) is 48.5 Å². The van der Waals surface area contributed by atoms with E-state index in [-0.39, 0.29) is 0 Å². The van der Waals surface area contributed by atoms with Crippen molar-refractivity contribution in [3.63, 3.8) is 0 Å². The van der Waals surface area contributed by atoms with E-state index in [1.54, 1.807) is 14.2 Å². The molecule has 4 aromatic carbocycles. The van der Waals surface area contributed by atoms with Gasteiger partial charge in [-0.25, -0.2) is 0 Å². The van der Waals surface area contributed by atoms with Gasteiger partial charge >= 0.3 is 34.2 Å². The van der Waals surface area contributed by atoms with Crippen LogP contribution in [0.4, 0.5) is 0 Å². The van der Waals surface area contributed by atoms with Gasteiger partial charge in [0.25, 0.3) is 0 Å². The highest BCUT2D eigenvalue weighted by molar-refractivity contribution is 7.00. The molecule has 9 heteroatoms. The van der Waals surface area contributed by atoms with Gasteiger partial charge in [-0.3, -0.25) is 0 Å². The molecule has 0 radical (unpaired) electrons. The summed E-state index contributed by atoms with van der Waals surface area (Å²) < 4.78 is 34.1. The van der Waals surface area contributed by atoms with Crippen LogP contribution in [0.1, 0.15) is 0 Å². The minimum Gasteiger partial charge on any atom is -0.409 e. The van der Waals surface area contributed by atoms with Crippen molar-refractivity contribution in [1.82, 2.24) is 0 Å². The van der Waals surface area contributed by atoms with Crippen molar-refractivity contribution in [2.75, 3.05) is 14.2 Å². The summed E-state index contributed by atoms with van der Waals surface area (Å²) in [4.78, 5) is 0. The highest BCUT2D eigenvalue weighted by Crippen LogP contribution is 2.25. The fraction of sp³-hybridized carbons (Fsp3) is 0.200. The Balaban J connectivity index is 1.84. The molecule has 39 heavy (non-hydrogen) atoms. The van der Waals surface area contributed by atoms with Gasteiger partial charge in [-0.05, 0) is 46.9 Å². The molecule has 0 aromatic heterocycles. The quantitative estimate of drug-likeness (QED) is 0.231. The van der Waals surface area contributed by atoms with Crippen molar-refractivity contribution in [2.45, 2.75) is 26.2 Å². The van der Waals surface area contributed by atoms with Crippen LogP contribution in [0.2, 0.25) is 26.2 Å². The fourth-order valence-electron chi connectivity index (χ4n) is 4.79. The highest BCUT2D eigenvalue weighted by Gasteiger charge is 2.54. The van der Waals surface area contributed by atoms with Gasteiger partial charge in [0.15, 0.2) is 0 Å². The third kappa shape index (κ3) is 6.65. The van der Waals surface area contributed by atoms with Crippen molar-refractivity contribution in [3.05, 3.63) is 121 Å². The zero-order valence-corrected chi connectivity index (χ0v) is 27.6. The van der Waals surface area contributed by atoms with E-state index in [2.05, 4.69) is 74.7 Å². The molecule has 0 aliphatic heterocycles. The first-order chi connectivity index (χ1) is 18.7. The lowest BCUT2D eigenvalue weighted by atomic mass is 10.4. The fourth-order valence-corrected chi connectivity index (χ4v) is 22.0. The maximum Gasteiger partial charge on any atom is 0.360 e. The Hall–Kier alpha value is -2.45. The van der Waals surface area contributed by atoms with Crippen LogP contribution in [0.25, 0.3) is 0 Å². The number of benzene rings is 4. The van der Waals surface area contributed by atoms with Gasteiger partial charge in [-0.1, -0.05) is 121 Å². The number of hydrogen-bond acceptors (Lipinski definition) is 5. The van der Waals surface area contributed by atoms with Gasteiger partial charge < -0.3 is 21.2 Å². The minimum absolute atomic E-state index is 1.02. The van der Waals surface area contributed by atoms with E-state index in [1.807, 2.05) is 72.8 Å². The molecule has 204 valence electrons. The average Bonchev–Trinajstić information content (AvgIpc) is 2.98. The van der Waals surface area contributed by atoms with E-state index < -0.39 is 34.2 Å². The van der Waals surface area contributed by atoms with Crippen LogP contribution in [-0.2, 0) is 21.2 Å². The molecule has 0 heterocycles. The molecule has 4 aromatic rings. The van der Waals surface area contributed by atoms with Crippen LogP contribution in [0, 0.1) is 0 Å². The second kappa shape index (κ2) is 12.4. The topological polar surface area (TPSA) is 46.2 Å². The molecule has 0 N–H and O–H groups in total. The van der Waals surface area contributed by atoms with Gasteiger partial charge in [0.1, 0.15) is 0 Å². The number of rotatable bonds is 12. The molecular formula is C30H38O5Si4. The summed E-state index contributed by atoms with van der Waals surface area (Å²) >= 11 is 0. The Morgan fingerprint density at radius 3 is 0.769 bits per heavy atom. The van der Waals surface area contributed by atoms with Crippen LogP contribution in [0.5, 0.6) is 0 Å². The molecule has 4 rings (SSSR count). The summed E-state index contributed by atoms with van der Waals surface area (Å²) in [5.41, 5.74) is 0. The predicted octanol–water partition coefficient (Wildman–Crippen LogP) is 4.25. The SMILES string of the molecule is CO[Si](C)(O[Si](C)(O[Si](C)(O[Si](C)(OC)c1ccccc1)c1ccccc1)c1ccccc1)c1ccccc1. The monoisotopic (exact) mass is 590 g/mol. The summed E-state index contributed by atoms with van der Waals surface area (Å²) in [6, 6.07) is 40.9. The molecule has 0 spiro atoms. The molecule has 0 saturated heterocycles. The second-order valence-electron chi connectivity index (χ2n) is 9.96. The standard InChI is InChI=1S/C30H38O5Si4/c1-31-36(3,27-19-11-7-12-20-27)33-38(5,29-23-15-9-16-24-29)35-39(6,30-25-17-10-18-26-30)34-37(4,32-2)28-21-13-8-14-22-28/h7-26H,1-6H3. The Kier molecular flexibility index (Phi) is 9.37. The smallest absolute Gasteiger partial charge is 0.360 e.